The third-order valence-corrected chi connectivity index (χ3v) is 2.17. The minimum Gasteiger partial charge on any atom is -0.368 e. The molecule has 1 heterocycles. The molecule has 6 heteroatoms. The lowest BCUT2D eigenvalue weighted by atomic mass is 9.75. The van der Waals surface area contributed by atoms with Gasteiger partial charge in [-0.1, -0.05) is 5.16 Å². The van der Waals surface area contributed by atoms with Gasteiger partial charge in [0.2, 0.25) is 0 Å². The Morgan fingerprint density at radius 3 is 1.92 bits per heavy atom. The van der Waals surface area contributed by atoms with Crippen LogP contribution in [0, 0.1) is 5.41 Å². The summed E-state index contributed by atoms with van der Waals surface area (Å²) in [4.78, 5) is 26.9. The fraction of sp³-hybridized carbons (Fsp3) is 0.571. The van der Waals surface area contributed by atoms with Gasteiger partial charge >= 0.3 is 5.60 Å². The van der Waals surface area contributed by atoms with E-state index in [1.165, 1.54) is 6.21 Å². The highest BCUT2D eigenvalue weighted by atomic mass is 16.7. The molecular weight excluding hydrogens is 174 g/mol. The van der Waals surface area contributed by atoms with Crippen molar-refractivity contribution < 1.29 is 14.4 Å². The molecule has 1 aliphatic rings. The van der Waals surface area contributed by atoms with Crippen molar-refractivity contribution in [2.45, 2.75) is 19.4 Å². The molecule has 0 fully saturated rings. The van der Waals surface area contributed by atoms with Crippen molar-refractivity contribution in [2.75, 3.05) is 0 Å². The fourth-order valence-electron chi connectivity index (χ4n) is 1.29. The largest absolute Gasteiger partial charge is 0.368 e. The lowest BCUT2D eigenvalue weighted by Gasteiger charge is -2.30. The maximum absolute atomic E-state index is 11.1. The number of rotatable bonds is 2. The lowest BCUT2D eigenvalue weighted by molar-refractivity contribution is -0.162. The molecule has 1 aliphatic heterocycles. The van der Waals surface area contributed by atoms with E-state index >= 15 is 0 Å². The molecule has 6 nitrogen and oxygen atoms in total. The molecule has 13 heavy (non-hydrogen) atoms. The van der Waals surface area contributed by atoms with Gasteiger partial charge in [-0.15, -0.1) is 0 Å². The van der Waals surface area contributed by atoms with E-state index in [1.807, 2.05) is 0 Å². The molecule has 0 aromatic rings. The predicted octanol–water partition coefficient (Wildman–Crippen LogP) is -1.26. The Kier molecular flexibility index (Phi) is 1.79. The Labute approximate surface area is 74.9 Å². The van der Waals surface area contributed by atoms with Crippen LogP contribution in [0.25, 0.3) is 0 Å². The van der Waals surface area contributed by atoms with Gasteiger partial charge in [-0.25, -0.2) is 0 Å². The summed E-state index contributed by atoms with van der Waals surface area (Å²) in [7, 11) is 0. The molecule has 0 unspecified atom stereocenters. The van der Waals surface area contributed by atoms with Crippen molar-refractivity contribution in [3.8, 4) is 0 Å². The Morgan fingerprint density at radius 1 is 1.31 bits per heavy atom. The summed E-state index contributed by atoms with van der Waals surface area (Å²) in [6.45, 7) is 3.19. The summed E-state index contributed by atoms with van der Waals surface area (Å²) >= 11 is 0. The highest BCUT2D eigenvalue weighted by Crippen LogP contribution is 2.36. The number of amides is 2. The second-order valence-corrected chi connectivity index (χ2v) is 3.46. The number of oxime groups is 1. The molecule has 4 N–H and O–H groups in total. The summed E-state index contributed by atoms with van der Waals surface area (Å²) in [6, 6.07) is 0. The molecule has 0 atom stereocenters. The average molecular weight is 185 g/mol. The summed E-state index contributed by atoms with van der Waals surface area (Å²) < 4.78 is 0. The zero-order valence-corrected chi connectivity index (χ0v) is 7.40. The van der Waals surface area contributed by atoms with Crippen molar-refractivity contribution in [3.05, 3.63) is 0 Å². The van der Waals surface area contributed by atoms with Crippen LogP contribution in [0.2, 0.25) is 0 Å². The number of primary amides is 2. The Balaban J connectivity index is 3.23. The molecule has 1 rings (SSSR count). The van der Waals surface area contributed by atoms with Gasteiger partial charge in [-0.2, -0.15) is 0 Å². The van der Waals surface area contributed by atoms with Crippen molar-refractivity contribution in [2.24, 2.45) is 22.0 Å². The third kappa shape index (κ3) is 0.980. The summed E-state index contributed by atoms with van der Waals surface area (Å²) in [5.41, 5.74) is 7.36. The predicted molar refractivity (Wildman–Crippen MR) is 44.5 cm³/mol. The quantitative estimate of drug-likeness (QED) is 0.524. The van der Waals surface area contributed by atoms with Crippen LogP contribution < -0.4 is 11.5 Å². The first-order valence-corrected chi connectivity index (χ1v) is 3.67. The highest BCUT2D eigenvalue weighted by molar-refractivity contribution is 6.11. The van der Waals surface area contributed by atoms with Crippen molar-refractivity contribution >= 4 is 18.0 Å². The number of nitrogens with two attached hydrogens (primary N) is 2. The SMILES string of the molecule is CC1(C)C=NOC1(C(N)=O)C(N)=O. The van der Waals surface area contributed by atoms with Crippen LogP contribution in [0.15, 0.2) is 5.16 Å². The van der Waals surface area contributed by atoms with Gasteiger partial charge in [0.25, 0.3) is 11.8 Å². The first-order valence-electron chi connectivity index (χ1n) is 3.67. The van der Waals surface area contributed by atoms with Crippen molar-refractivity contribution in [1.29, 1.82) is 0 Å². The minimum atomic E-state index is -1.85. The monoisotopic (exact) mass is 185 g/mol. The molecule has 0 aromatic heterocycles. The third-order valence-electron chi connectivity index (χ3n) is 2.17. The Bertz CT molecular complexity index is 281. The van der Waals surface area contributed by atoms with Crippen LogP contribution in [0.5, 0.6) is 0 Å². The molecule has 72 valence electrons. The summed E-state index contributed by atoms with van der Waals surface area (Å²) in [6.07, 6.45) is 1.34. The molecule has 0 aliphatic carbocycles. The molecule has 0 saturated carbocycles. The van der Waals surface area contributed by atoms with Gasteiger partial charge in [0.05, 0.1) is 11.6 Å². The van der Waals surface area contributed by atoms with Crippen molar-refractivity contribution in [1.82, 2.24) is 0 Å². The average Bonchev–Trinajstić information content (AvgIpc) is 2.25. The van der Waals surface area contributed by atoms with Crippen LogP contribution in [0.3, 0.4) is 0 Å². The van der Waals surface area contributed by atoms with E-state index in [-0.39, 0.29) is 0 Å². The van der Waals surface area contributed by atoms with Gasteiger partial charge in [-0.05, 0) is 13.8 Å². The van der Waals surface area contributed by atoms with Crippen LogP contribution in [-0.2, 0) is 14.4 Å². The Morgan fingerprint density at radius 2 is 1.77 bits per heavy atom. The van der Waals surface area contributed by atoms with E-state index in [4.69, 9.17) is 16.3 Å². The zero-order chi connectivity index (χ0) is 10.3. The normalized spacial score (nSPS) is 22.3. The number of carbonyl (C=O) groups excluding carboxylic acids is 2. The van der Waals surface area contributed by atoms with E-state index < -0.39 is 22.8 Å². The molecule has 0 radical (unpaired) electrons. The smallest absolute Gasteiger partial charge is 0.301 e. The molecule has 0 spiro atoms. The molecule has 0 aromatic carbocycles. The van der Waals surface area contributed by atoms with E-state index in [1.54, 1.807) is 13.8 Å². The standard InChI is InChI=1S/C7H11N3O3/c1-6(2)3-10-13-7(6,4(8)11)5(9)12/h3H,1-2H3,(H2,8,11)(H2,9,12). The fourth-order valence-corrected chi connectivity index (χ4v) is 1.29. The first-order chi connectivity index (χ1) is 5.84. The zero-order valence-electron chi connectivity index (χ0n) is 7.40. The van der Waals surface area contributed by atoms with E-state index in [0.717, 1.165) is 0 Å². The number of hydrogen-bond acceptors (Lipinski definition) is 4. The lowest BCUT2D eigenvalue weighted by Crippen LogP contribution is -2.62. The highest BCUT2D eigenvalue weighted by Gasteiger charge is 2.60. The van der Waals surface area contributed by atoms with Gasteiger partial charge in [0.15, 0.2) is 0 Å². The number of carbonyl (C=O) groups is 2. The number of hydrogen-bond donors (Lipinski definition) is 2. The van der Waals surface area contributed by atoms with E-state index in [9.17, 15) is 9.59 Å². The van der Waals surface area contributed by atoms with Crippen LogP contribution in [0.4, 0.5) is 0 Å². The van der Waals surface area contributed by atoms with Gasteiger partial charge < -0.3 is 16.3 Å². The molecule has 2 amide bonds. The van der Waals surface area contributed by atoms with Crippen molar-refractivity contribution in [3.63, 3.8) is 0 Å². The second-order valence-electron chi connectivity index (χ2n) is 3.46. The maximum atomic E-state index is 11.1. The number of nitrogens with zero attached hydrogens (tertiary/aromatic N) is 1. The van der Waals surface area contributed by atoms with Crippen LogP contribution in [-0.4, -0.2) is 23.6 Å². The molecule has 0 saturated heterocycles. The summed E-state index contributed by atoms with van der Waals surface area (Å²) in [5.74, 6) is -1.86. The Hall–Kier alpha value is -1.59. The second kappa shape index (κ2) is 2.45. The van der Waals surface area contributed by atoms with Gasteiger partial charge in [0, 0.05) is 0 Å². The minimum absolute atomic E-state index is 0.912. The maximum Gasteiger partial charge on any atom is 0.301 e. The van der Waals surface area contributed by atoms with E-state index in [2.05, 4.69) is 5.16 Å². The van der Waals surface area contributed by atoms with Gasteiger partial charge in [0.1, 0.15) is 0 Å². The topological polar surface area (TPSA) is 108 Å². The van der Waals surface area contributed by atoms with Crippen LogP contribution in [0.1, 0.15) is 13.8 Å². The van der Waals surface area contributed by atoms with Gasteiger partial charge in [-0.3, -0.25) is 9.59 Å². The van der Waals surface area contributed by atoms with Crippen LogP contribution >= 0.6 is 0 Å². The molecule has 0 bridgehead atoms. The first kappa shape index (κ1) is 9.50. The molecular formula is C7H11N3O3. The summed E-state index contributed by atoms with van der Waals surface area (Å²) in [5, 5.41) is 3.41. The van der Waals surface area contributed by atoms with E-state index in [0.29, 0.717) is 0 Å².